The molecule has 2 aromatic carbocycles. The number of imidazole rings is 1. The minimum absolute atomic E-state index is 0.00943. The normalized spacial score (nSPS) is 12.7. The molecule has 0 fully saturated rings. The average Bonchev–Trinajstić information content (AvgIpc) is 3.01. The molecule has 0 saturated heterocycles. The fraction of sp³-hybridized carbons (Fsp3) is 0.211. The zero-order valence-corrected chi connectivity index (χ0v) is 14.8. The SMILES string of the molecule is COc1ccc(CN2Cc3c(ccc(Cl)c3C)-n3cc(O)nc32)cc1. The van der Waals surface area contributed by atoms with E-state index in [1.54, 1.807) is 13.3 Å². The lowest BCUT2D eigenvalue weighted by Gasteiger charge is -2.31. The Morgan fingerprint density at radius 2 is 1.96 bits per heavy atom. The molecule has 128 valence electrons. The van der Waals surface area contributed by atoms with Gasteiger partial charge in [0.1, 0.15) is 5.75 Å². The maximum atomic E-state index is 9.92. The number of aromatic hydroxyl groups is 1. The van der Waals surface area contributed by atoms with Crippen molar-refractivity contribution in [2.45, 2.75) is 20.0 Å². The molecule has 0 saturated carbocycles. The zero-order valence-electron chi connectivity index (χ0n) is 14.0. The molecular formula is C19H18ClN3O2. The number of halogens is 1. The molecule has 0 radical (unpaired) electrons. The molecule has 1 N–H and O–H groups in total. The second-order valence-corrected chi connectivity index (χ2v) is 6.55. The van der Waals surface area contributed by atoms with Gasteiger partial charge in [-0.1, -0.05) is 23.7 Å². The molecule has 4 rings (SSSR count). The van der Waals surface area contributed by atoms with Crippen LogP contribution in [0, 0.1) is 6.92 Å². The highest BCUT2D eigenvalue weighted by atomic mass is 35.5. The number of hydrogen-bond donors (Lipinski definition) is 1. The van der Waals surface area contributed by atoms with Gasteiger partial charge in [0, 0.05) is 23.7 Å². The lowest BCUT2D eigenvalue weighted by Crippen LogP contribution is -2.30. The molecule has 0 bridgehead atoms. The van der Waals surface area contributed by atoms with Crippen LogP contribution in [0.1, 0.15) is 16.7 Å². The molecule has 25 heavy (non-hydrogen) atoms. The van der Waals surface area contributed by atoms with Crippen LogP contribution in [0.4, 0.5) is 5.95 Å². The van der Waals surface area contributed by atoms with Gasteiger partial charge in [0.2, 0.25) is 11.8 Å². The van der Waals surface area contributed by atoms with Gasteiger partial charge in [0.25, 0.3) is 0 Å². The second kappa shape index (κ2) is 6.01. The first-order valence-corrected chi connectivity index (χ1v) is 8.39. The molecule has 0 aliphatic carbocycles. The Morgan fingerprint density at radius 3 is 2.68 bits per heavy atom. The van der Waals surface area contributed by atoms with Crippen molar-refractivity contribution in [3.63, 3.8) is 0 Å². The number of hydrogen-bond acceptors (Lipinski definition) is 4. The van der Waals surface area contributed by atoms with E-state index in [0.717, 1.165) is 39.1 Å². The topological polar surface area (TPSA) is 50.5 Å². The maximum absolute atomic E-state index is 9.92. The van der Waals surface area contributed by atoms with Gasteiger partial charge in [-0.25, -0.2) is 0 Å². The summed E-state index contributed by atoms with van der Waals surface area (Å²) in [5.74, 6) is 1.56. The molecule has 3 aromatic rings. The van der Waals surface area contributed by atoms with Gasteiger partial charge in [-0.15, -0.1) is 0 Å². The zero-order chi connectivity index (χ0) is 17.6. The van der Waals surface area contributed by atoms with Crippen molar-refractivity contribution in [2.75, 3.05) is 12.0 Å². The summed E-state index contributed by atoms with van der Waals surface area (Å²) in [5.41, 5.74) is 4.34. The van der Waals surface area contributed by atoms with Crippen molar-refractivity contribution in [1.29, 1.82) is 0 Å². The standard InChI is InChI=1S/C19H18ClN3O2/c1-12-15-10-22(9-13-3-5-14(25-2)6-4-13)19-21-18(24)11-23(19)17(15)8-7-16(12)20/h3-8,11,24H,9-10H2,1-2H3. The van der Waals surface area contributed by atoms with Crippen molar-refractivity contribution in [3.8, 4) is 17.3 Å². The van der Waals surface area contributed by atoms with Crippen LogP contribution in [0.25, 0.3) is 5.69 Å². The second-order valence-electron chi connectivity index (χ2n) is 6.14. The van der Waals surface area contributed by atoms with Crippen molar-refractivity contribution in [3.05, 3.63) is 64.3 Å². The van der Waals surface area contributed by atoms with Gasteiger partial charge in [-0.2, -0.15) is 4.98 Å². The van der Waals surface area contributed by atoms with Gasteiger partial charge in [0.15, 0.2) is 0 Å². The molecule has 1 aliphatic heterocycles. The first-order chi connectivity index (χ1) is 12.1. The summed E-state index contributed by atoms with van der Waals surface area (Å²) in [4.78, 5) is 6.43. The highest BCUT2D eigenvalue weighted by molar-refractivity contribution is 6.31. The number of methoxy groups -OCH3 is 1. The Balaban J connectivity index is 1.75. The molecule has 0 atom stereocenters. The number of ether oxygens (including phenoxy) is 1. The summed E-state index contributed by atoms with van der Waals surface area (Å²) in [6, 6.07) is 11.8. The highest BCUT2D eigenvalue weighted by Crippen LogP contribution is 2.36. The van der Waals surface area contributed by atoms with Crippen LogP contribution in [-0.2, 0) is 13.1 Å². The molecule has 0 spiro atoms. The first-order valence-electron chi connectivity index (χ1n) is 8.01. The summed E-state index contributed by atoms with van der Waals surface area (Å²) in [5, 5.41) is 10.7. The summed E-state index contributed by atoms with van der Waals surface area (Å²) in [6.45, 7) is 3.38. The lowest BCUT2D eigenvalue weighted by molar-refractivity contribution is 0.414. The minimum Gasteiger partial charge on any atom is -0.497 e. The van der Waals surface area contributed by atoms with E-state index in [0.29, 0.717) is 13.1 Å². The van der Waals surface area contributed by atoms with Crippen LogP contribution in [0.2, 0.25) is 5.02 Å². The number of fused-ring (bicyclic) bond motifs is 3. The van der Waals surface area contributed by atoms with E-state index in [-0.39, 0.29) is 5.88 Å². The van der Waals surface area contributed by atoms with E-state index in [9.17, 15) is 5.11 Å². The molecule has 6 heteroatoms. The molecule has 0 amide bonds. The van der Waals surface area contributed by atoms with Crippen molar-refractivity contribution in [1.82, 2.24) is 9.55 Å². The molecular weight excluding hydrogens is 338 g/mol. The predicted molar refractivity (Wildman–Crippen MR) is 97.9 cm³/mol. The fourth-order valence-electron chi connectivity index (χ4n) is 3.24. The van der Waals surface area contributed by atoms with Crippen LogP contribution in [0.3, 0.4) is 0 Å². The maximum Gasteiger partial charge on any atom is 0.231 e. The fourth-order valence-corrected chi connectivity index (χ4v) is 3.41. The molecule has 2 heterocycles. The Hall–Kier alpha value is -2.66. The third kappa shape index (κ3) is 2.70. The Kier molecular flexibility index (Phi) is 3.81. The molecule has 1 aromatic heterocycles. The van der Waals surface area contributed by atoms with Crippen molar-refractivity contribution >= 4 is 17.5 Å². The van der Waals surface area contributed by atoms with Gasteiger partial charge in [-0.05, 0) is 42.3 Å². The van der Waals surface area contributed by atoms with E-state index in [1.807, 2.05) is 47.9 Å². The Morgan fingerprint density at radius 1 is 1.20 bits per heavy atom. The number of anilines is 1. The lowest BCUT2D eigenvalue weighted by atomic mass is 10.0. The summed E-state index contributed by atoms with van der Waals surface area (Å²) in [6.07, 6.45) is 1.64. The monoisotopic (exact) mass is 355 g/mol. The quantitative estimate of drug-likeness (QED) is 0.769. The van der Waals surface area contributed by atoms with Crippen LogP contribution >= 0.6 is 11.6 Å². The van der Waals surface area contributed by atoms with Crippen LogP contribution in [0.15, 0.2) is 42.6 Å². The van der Waals surface area contributed by atoms with Gasteiger partial charge >= 0.3 is 0 Å². The van der Waals surface area contributed by atoms with E-state index >= 15 is 0 Å². The van der Waals surface area contributed by atoms with E-state index in [4.69, 9.17) is 16.3 Å². The summed E-state index contributed by atoms with van der Waals surface area (Å²) in [7, 11) is 1.66. The van der Waals surface area contributed by atoms with Gasteiger partial charge < -0.3 is 14.7 Å². The highest BCUT2D eigenvalue weighted by Gasteiger charge is 2.26. The van der Waals surface area contributed by atoms with Crippen LogP contribution in [0.5, 0.6) is 11.6 Å². The molecule has 1 aliphatic rings. The number of aromatic nitrogens is 2. The third-order valence-electron chi connectivity index (χ3n) is 4.61. The summed E-state index contributed by atoms with van der Waals surface area (Å²) < 4.78 is 7.13. The largest absolute Gasteiger partial charge is 0.497 e. The predicted octanol–water partition coefficient (Wildman–Crippen LogP) is 4.07. The minimum atomic E-state index is 0.00943. The first kappa shape index (κ1) is 15.8. The van der Waals surface area contributed by atoms with Crippen molar-refractivity contribution in [2.24, 2.45) is 0 Å². The third-order valence-corrected chi connectivity index (χ3v) is 5.02. The van der Waals surface area contributed by atoms with Crippen LogP contribution < -0.4 is 9.64 Å². The van der Waals surface area contributed by atoms with Crippen molar-refractivity contribution < 1.29 is 9.84 Å². The number of benzene rings is 2. The smallest absolute Gasteiger partial charge is 0.231 e. The van der Waals surface area contributed by atoms with E-state index in [1.165, 1.54) is 0 Å². The van der Waals surface area contributed by atoms with E-state index in [2.05, 4.69) is 9.88 Å². The average molecular weight is 356 g/mol. The van der Waals surface area contributed by atoms with Gasteiger partial charge in [-0.3, -0.25) is 4.57 Å². The Bertz CT molecular complexity index is 935. The van der Waals surface area contributed by atoms with Gasteiger partial charge in [0.05, 0.1) is 19.0 Å². The number of rotatable bonds is 3. The molecule has 5 nitrogen and oxygen atoms in total. The molecule has 0 unspecified atom stereocenters. The van der Waals surface area contributed by atoms with Crippen LogP contribution in [-0.4, -0.2) is 21.8 Å². The Labute approximate surface area is 151 Å². The van der Waals surface area contributed by atoms with E-state index < -0.39 is 0 Å². The number of nitrogens with zero attached hydrogens (tertiary/aromatic N) is 3. The summed E-state index contributed by atoms with van der Waals surface area (Å²) >= 11 is 6.31.